The van der Waals surface area contributed by atoms with Gasteiger partial charge < -0.3 is 14.6 Å². The summed E-state index contributed by atoms with van der Waals surface area (Å²) in [6.45, 7) is 4.73. The molecule has 0 radical (unpaired) electrons. The molecule has 11 heavy (non-hydrogen) atoms. The van der Waals surface area contributed by atoms with Crippen LogP contribution in [0.5, 0.6) is 0 Å². The van der Waals surface area contributed by atoms with Crippen molar-refractivity contribution in [3.05, 3.63) is 0 Å². The van der Waals surface area contributed by atoms with E-state index in [2.05, 4.69) is 4.74 Å². The summed E-state index contributed by atoms with van der Waals surface area (Å²) in [5.41, 5.74) is 0. The maximum Gasteiger partial charge on any atom is 0.332 e. The molecule has 0 aromatic heterocycles. The fourth-order valence-electron chi connectivity index (χ4n) is 0.438. The van der Waals surface area contributed by atoms with Gasteiger partial charge in [-0.15, -0.1) is 0 Å². The summed E-state index contributed by atoms with van der Waals surface area (Å²) in [6.07, 6.45) is 0. The predicted octanol–water partition coefficient (Wildman–Crippen LogP) is 0.295. The van der Waals surface area contributed by atoms with E-state index in [4.69, 9.17) is 9.84 Å². The van der Waals surface area contributed by atoms with Crippen LogP contribution in [0, 0.1) is 0 Å². The average Bonchev–Trinajstić information content (AvgIpc) is 1.83. The fourth-order valence-corrected chi connectivity index (χ4v) is 0.438. The van der Waals surface area contributed by atoms with Crippen molar-refractivity contribution in [3.63, 3.8) is 0 Å². The average molecular weight is 162 g/mol. The maximum atomic E-state index is 10.6. The molecule has 0 fully saturated rings. The predicted molar refractivity (Wildman–Crippen MR) is 38.9 cm³/mol. The Hall–Kier alpha value is -0.610. The largest absolute Gasteiger partial charge is 0.464 e. The molecule has 0 spiro atoms. The molecule has 0 atom stereocenters. The van der Waals surface area contributed by atoms with Gasteiger partial charge in [-0.25, -0.2) is 4.79 Å². The van der Waals surface area contributed by atoms with E-state index < -0.39 is 11.8 Å². The number of esters is 1. The van der Waals surface area contributed by atoms with E-state index in [1.807, 2.05) is 0 Å². The van der Waals surface area contributed by atoms with Crippen LogP contribution in [0.1, 0.15) is 20.8 Å². The van der Waals surface area contributed by atoms with E-state index in [-0.39, 0.29) is 6.61 Å². The highest BCUT2D eigenvalue weighted by atomic mass is 16.6. The molecule has 0 heterocycles. The first-order valence-corrected chi connectivity index (χ1v) is 3.47. The topological polar surface area (TPSA) is 55.8 Å². The van der Waals surface area contributed by atoms with Crippen molar-refractivity contribution in [3.8, 4) is 0 Å². The van der Waals surface area contributed by atoms with Gasteiger partial charge in [0, 0.05) is 0 Å². The smallest absolute Gasteiger partial charge is 0.332 e. The second-order valence-corrected chi connectivity index (χ2v) is 2.54. The summed E-state index contributed by atoms with van der Waals surface area (Å²) in [7, 11) is 0. The van der Waals surface area contributed by atoms with Crippen LogP contribution in [-0.4, -0.2) is 30.1 Å². The highest BCUT2D eigenvalue weighted by molar-refractivity contribution is 5.70. The quantitative estimate of drug-likeness (QED) is 0.477. The first-order chi connectivity index (χ1) is 4.95. The number of hydrogen-bond donors (Lipinski definition) is 1. The first-order valence-electron chi connectivity index (χ1n) is 3.47. The van der Waals surface area contributed by atoms with Gasteiger partial charge in [0.15, 0.2) is 5.79 Å². The van der Waals surface area contributed by atoms with Gasteiger partial charge in [-0.05, 0) is 20.8 Å². The summed E-state index contributed by atoms with van der Waals surface area (Å²) in [6, 6.07) is 0. The summed E-state index contributed by atoms with van der Waals surface area (Å²) in [5, 5.41) is 9.00. The highest BCUT2D eigenvalue weighted by Gasteiger charge is 2.14. The Morgan fingerprint density at radius 1 is 1.55 bits per heavy atom. The van der Waals surface area contributed by atoms with E-state index in [1.54, 1.807) is 6.92 Å². The molecule has 0 aliphatic carbocycles. The van der Waals surface area contributed by atoms with Crippen LogP contribution in [0.2, 0.25) is 0 Å². The first kappa shape index (κ1) is 10.4. The number of rotatable bonds is 4. The molecule has 0 saturated carbocycles. The third kappa shape index (κ3) is 7.29. The molecule has 66 valence electrons. The van der Waals surface area contributed by atoms with E-state index in [1.165, 1.54) is 13.8 Å². The van der Waals surface area contributed by atoms with Crippen LogP contribution in [-0.2, 0) is 14.3 Å². The van der Waals surface area contributed by atoms with Crippen molar-refractivity contribution < 1.29 is 19.4 Å². The second kappa shape index (κ2) is 4.31. The standard InChI is InChI=1S/C7H14O4/c1-4-10-6(8)5-11-7(2,3)9/h9H,4-5H2,1-3H3. The Morgan fingerprint density at radius 2 is 2.09 bits per heavy atom. The van der Waals surface area contributed by atoms with Crippen LogP contribution in [0.3, 0.4) is 0 Å². The normalized spacial score (nSPS) is 11.3. The van der Waals surface area contributed by atoms with Crippen LogP contribution in [0.25, 0.3) is 0 Å². The van der Waals surface area contributed by atoms with Crippen molar-refractivity contribution in [1.29, 1.82) is 0 Å². The fraction of sp³-hybridized carbons (Fsp3) is 0.857. The van der Waals surface area contributed by atoms with Crippen LogP contribution in [0.4, 0.5) is 0 Å². The monoisotopic (exact) mass is 162 g/mol. The molecule has 0 bridgehead atoms. The summed E-state index contributed by atoms with van der Waals surface area (Å²) in [4.78, 5) is 10.6. The van der Waals surface area contributed by atoms with Crippen LogP contribution >= 0.6 is 0 Å². The van der Waals surface area contributed by atoms with Crippen molar-refractivity contribution in [2.24, 2.45) is 0 Å². The number of carbonyl (C=O) groups excluding carboxylic acids is 1. The third-order valence-electron chi connectivity index (χ3n) is 0.849. The molecule has 0 aromatic rings. The molecule has 0 saturated heterocycles. The second-order valence-electron chi connectivity index (χ2n) is 2.54. The molecule has 4 nitrogen and oxygen atoms in total. The lowest BCUT2D eigenvalue weighted by Gasteiger charge is -2.16. The Labute approximate surface area is 66.1 Å². The minimum absolute atomic E-state index is 0.211. The molecule has 1 N–H and O–H groups in total. The molecule has 0 aromatic carbocycles. The van der Waals surface area contributed by atoms with Gasteiger partial charge in [0.05, 0.1) is 6.61 Å². The number of hydrogen-bond acceptors (Lipinski definition) is 4. The summed E-state index contributed by atoms with van der Waals surface area (Å²) >= 11 is 0. The van der Waals surface area contributed by atoms with Crippen molar-refractivity contribution >= 4 is 5.97 Å². The van der Waals surface area contributed by atoms with Gasteiger partial charge in [0.2, 0.25) is 0 Å². The van der Waals surface area contributed by atoms with Gasteiger partial charge in [-0.1, -0.05) is 0 Å². The van der Waals surface area contributed by atoms with E-state index in [9.17, 15) is 4.79 Å². The lowest BCUT2D eigenvalue weighted by molar-refractivity contribution is -0.192. The Balaban J connectivity index is 3.46. The zero-order chi connectivity index (χ0) is 8.91. The van der Waals surface area contributed by atoms with Crippen molar-refractivity contribution in [2.75, 3.05) is 13.2 Å². The van der Waals surface area contributed by atoms with E-state index >= 15 is 0 Å². The lowest BCUT2D eigenvalue weighted by Crippen LogP contribution is -2.27. The molecule has 0 unspecified atom stereocenters. The van der Waals surface area contributed by atoms with Crippen molar-refractivity contribution in [2.45, 2.75) is 26.6 Å². The molecule has 0 rings (SSSR count). The SMILES string of the molecule is CCOC(=O)COC(C)(C)O. The summed E-state index contributed by atoms with van der Waals surface area (Å²) in [5.74, 6) is -1.73. The Morgan fingerprint density at radius 3 is 2.45 bits per heavy atom. The minimum atomic E-state index is -1.27. The van der Waals surface area contributed by atoms with Crippen LogP contribution in [0.15, 0.2) is 0 Å². The molecule has 0 amide bonds. The van der Waals surface area contributed by atoms with Gasteiger partial charge in [0.25, 0.3) is 0 Å². The molecule has 0 aliphatic heterocycles. The van der Waals surface area contributed by atoms with Crippen molar-refractivity contribution in [1.82, 2.24) is 0 Å². The highest BCUT2D eigenvalue weighted by Crippen LogP contribution is 2.02. The minimum Gasteiger partial charge on any atom is -0.464 e. The number of ether oxygens (including phenoxy) is 2. The van der Waals surface area contributed by atoms with E-state index in [0.29, 0.717) is 6.61 Å². The van der Waals surface area contributed by atoms with E-state index in [0.717, 1.165) is 0 Å². The zero-order valence-corrected chi connectivity index (χ0v) is 7.09. The molecule has 0 aliphatic rings. The van der Waals surface area contributed by atoms with Gasteiger partial charge in [-0.2, -0.15) is 0 Å². The van der Waals surface area contributed by atoms with Gasteiger partial charge in [-0.3, -0.25) is 0 Å². The molecule has 4 heteroatoms. The molecular weight excluding hydrogens is 148 g/mol. The Kier molecular flexibility index (Phi) is 4.07. The third-order valence-corrected chi connectivity index (χ3v) is 0.849. The molecular formula is C7H14O4. The lowest BCUT2D eigenvalue weighted by atomic mass is 10.4. The Bertz CT molecular complexity index is 125. The van der Waals surface area contributed by atoms with Gasteiger partial charge >= 0.3 is 5.97 Å². The zero-order valence-electron chi connectivity index (χ0n) is 7.09. The maximum absolute atomic E-state index is 10.6. The number of aliphatic hydroxyl groups is 1. The number of carbonyl (C=O) groups is 1. The summed E-state index contributed by atoms with van der Waals surface area (Å²) < 4.78 is 9.29. The van der Waals surface area contributed by atoms with Gasteiger partial charge in [0.1, 0.15) is 6.61 Å². The van der Waals surface area contributed by atoms with Crippen LogP contribution < -0.4 is 0 Å².